The second-order valence-electron chi connectivity index (χ2n) is 10.1. The highest BCUT2D eigenvalue weighted by Crippen LogP contribution is 2.30. The first kappa shape index (κ1) is 28.0. The molecule has 1 heterocycles. The molecule has 1 aliphatic rings. The Labute approximate surface area is 237 Å². The summed E-state index contributed by atoms with van der Waals surface area (Å²) in [4.78, 5) is 0. The zero-order valence-electron chi connectivity index (χ0n) is 23.4. The van der Waals surface area contributed by atoms with Crippen LogP contribution >= 0.6 is 0 Å². The van der Waals surface area contributed by atoms with E-state index in [1.54, 1.807) is 14.2 Å². The number of methoxy groups -OCH3 is 2. The average molecular weight is 542 g/mol. The van der Waals surface area contributed by atoms with Crippen LogP contribution in [0.5, 0.6) is 17.2 Å². The van der Waals surface area contributed by atoms with E-state index in [2.05, 4.69) is 72.0 Å². The van der Waals surface area contributed by atoms with Gasteiger partial charge in [0.1, 0.15) is 17.2 Å². The predicted molar refractivity (Wildman–Crippen MR) is 159 cm³/mol. The maximum absolute atomic E-state index is 6.45. The summed E-state index contributed by atoms with van der Waals surface area (Å²) in [5.74, 6) is 2.78. The van der Waals surface area contributed by atoms with Crippen molar-refractivity contribution in [1.82, 2.24) is 5.32 Å². The van der Waals surface area contributed by atoms with Gasteiger partial charge in [0.05, 0.1) is 46.8 Å². The van der Waals surface area contributed by atoms with E-state index >= 15 is 0 Å². The minimum atomic E-state index is 0.133. The number of benzene rings is 4. The maximum Gasteiger partial charge on any atom is 0.128 e. The Morgan fingerprint density at radius 2 is 1.60 bits per heavy atom. The molecule has 0 aliphatic carbocycles. The van der Waals surface area contributed by atoms with E-state index in [0.29, 0.717) is 32.3 Å². The highest BCUT2D eigenvalue weighted by Gasteiger charge is 2.27. The van der Waals surface area contributed by atoms with Gasteiger partial charge in [0, 0.05) is 30.5 Å². The van der Waals surface area contributed by atoms with Gasteiger partial charge in [-0.1, -0.05) is 48.5 Å². The molecule has 1 N–H and O–H groups in total. The highest BCUT2D eigenvalue weighted by atomic mass is 16.5. The zero-order valence-corrected chi connectivity index (χ0v) is 23.4. The van der Waals surface area contributed by atoms with Crippen molar-refractivity contribution in [2.45, 2.75) is 38.1 Å². The third-order valence-electron chi connectivity index (χ3n) is 7.47. The van der Waals surface area contributed by atoms with Crippen LogP contribution in [0, 0.1) is 0 Å². The second-order valence-corrected chi connectivity index (χ2v) is 10.1. The number of hydrogen-bond acceptors (Lipinski definition) is 6. The van der Waals surface area contributed by atoms with Crippen molar-refractivity contribution in [2.75, 3.05) is 40.5 Å². The first-order valence-corrected chi connectivity index (χ1v) is 14.0. The standard InChI is InChI=1S/C34H39NO5/c1-36-31-15-12-29(33(21-31)37-2)24-38-18-5-19-39-30-13-10-27(11-14-30)32-16-17-35-22-34(32)40-23-25-8-9-26-6-3-4-7-28(26)20-25/h3-4,6-15,20-21,32,34-35H,5,16-19,22-24H2,1-2H3. The third kappa shape index (κ3) is 7.33. The molecule has 0 aromatic heterocycles. The van der Waals surface area contributed by atoms with E-state index in [-0.39, 0.29) is 6.10 Å². The second kappa shape index (κ2) is 14.2. The molecule has 0 amide bonds. The molecule has 2 atom stereocenters. The largest absolute Gasteiger partial charge is 0.497 e. The van der Waals surface area contributed by atoms with Gasteiger partial charge in [-0.2, -0.15) is 0 Å². The van der Waals surface area contributed by atoms with Crippen molar-refractivity contribution in [2.24, 2.45) is 0 Å². The minimum Gasteiger partial charge on any atom is -0.497 e. The van der Waals surface area contributed by atoms with Crippen LogP contribution in [-0.4, -0.2) is 46.6 Å². The fourth-order valence-electron chi connectivity index (χ4n) is 5.23. The van der Waals surface area contributed by atoms with Crippen LogP contribution in [0.4, 0.5) is 0 Å². The lowest BCUT2D eigenvalue weighted by Gasteiger charge is -2.32. The van der Waals surface area contributed by atoms with E-state index in [0.717, 1.165) is 48.7 Å². The van der Waals surface area contributed by atoms with Crippen LogP contribution in [0.25, 0.3) is 10.8 Å². The van der Waals surface area contributed by atoms with Gasteiger partial charge in [-0.15, -0.1) is 0 Å². The minimum absolute atomic E-state index is 0.133. The summed E-state index contributed by atoms with van der Waals surface area (Å²) >= 11 is 0. The van der Waals surface area contributed by atoms with E-state index in [1.165, 1.54) is 21.9 Å². The van der Waals surface area contributed by atoms with Crippen molar-refractivity contribution < 1.29 is 23.7 Å². The van der Waals surface area contributed by atoms with Crippen LogP contribution in [0.1, 0.15) is 35.4 Å². The highest BCUT2D eigenvalue weighted by molar-refractivity contribution is 5.82. The van der Waals surface area contributed by atoms with Crippen molar-refractivity contribution in [3.63, 3.8) is 0 Å². The summed E-state index contributed by atoms with van der Waals surface area (Å²) < 4.78 is 29.0. The fraction of sp³-hybridized carbons (Fsp3) is 0.353. The summed E-state index contributed by atoms with van der Waals surface area (Å²) in [5.41, 5.74) is 3.50. The molecule has 0 saturated carbocycles. The number of rotatable bonds is 13. The molecule has 1 aliphatic heterocycles. The van der Waals surface area contributed by atoms with Crippen molar-refractivity contribution in [3.8, 4) is 17.2 Å². The van der Waals surface area contributed by atoms with E-state index in [4.69, 9.17) is 23.7 Å². The Hall–Kier alpha value is -3.58. The molecule has 1 fully saturated rings. The molecule has 40 heavy (non-hydrogen) atoms. The summed E-state index contributed by atoms with van der Waals surface area (Å²) in [7, 11) is 3.30. The van der Waals surface area contributed by atoms with Crippen LogP contribution in [0.15, 0.2) is 84.9 Å². The molecular formula is C34H39NO5. The number of piperidine rings is 1. The Balaban J connectivity index is 1.07. The van der Waals surface area contributed by atoms with Crippen LogP contribution in [0.3, 0.4) is 0 Å². The van der Waals surface area contributed by atoms with Gasteiger partial charge in [-0.3, -0.25) is 0 Å². The lowest BCUT2D eigenvalue weighted by Crippen LogP contribution is -2.40. The van der Waals surface area contributed by atoms with Gasteiger partial charge in [0.25, 0.3) is 0 Å². The molecule has 0 bridgehead atoms. The Kier molecular flexibility index (Phi) is 9.91. The predicted octanol–water partition coefficient (Wildman–Crippen LogP) is 6.51. The van der Waals surface area contributed by atoms with Gasteiger partial charge in [-0.05, 0) is 65.2 Å². The number of hydrogen-bond donors (Lipinski definition) is 1. The fourth-order valence-corrected chi connectivity index (χ4v) is 5.23. The molecule has 6 nitrogen and oxygen atoms in total. The molecule has 4 aromatic rings. The number of fused-ring (bicyclic) bond motifs is 1. The van der Waals surface area contributed by atoms with E-state index in [9.17, 15) is 0 Å². The monoisotopic (exact) mass is 541 g/mol. The number of nitrogens with one attached hydrogen (secondary N) is 1. The topological polar surface area (TPSA) is 58.2 Å². The molecule has 5 rings (SSSR count). The zero-order chi connectivity index (χ0) is 27.6. The quantitative estimate of drug-likeness (QED) is 0.195. The summed E-state index contributed by atoms with van der Waals surface area (Å²) in [5, 5.41) is 6.01. The Morgan fingerprint density at radius 3 is 2.42 bits per heavy atom. The summed E-state index contributed by atoms with van der Waals surface area (Å²) in [6.07, 6.45) is 1.99. The molecule has 1 saturated heterocycles. The lowest BCUT2D eigenvalue weighted by molar-refractivity contribution is 0.0106. The maximum atomic E-state index is 6.45. The van der Waals surface area contributed by atoms with Crippen LogP contribution in [-0.2, 0) is 22.7 Å². The van der Waals surface area contributed by atoms with Crippen molar-refractivity contribution in [3.05, 3.63) is 102 Å². The van der Waals surface area contributed by atoms with Crippen LogP contribution in [0.2, 0.25) is 0 Å². The normalized spacial score (nSPS) is 17.1. The first-order valence-electron chi connectivity index (χ1n) is 14.0. The molecule has 0 spiro atoms. The first-order chi connectivity index (χ1) is 19.7. The average Bonchev–Trinajstić information content (AvgIpc) is 3.02. The summed E-state index contributed by atoms with van der Waals surface area (Å²) in [6, 6.07) is 29.3. The Bertz CT molecular complexity index is 1360. The SMILES string of the molecule is COc1ccc(COCCCOc2ccc(C3CCNCC3OCc3ccc4ccccc4c3)cc2)c(OC)c1. The number of ether oxygens (including phenoxy) is 5. The van der Waals surface area contributed by atoms with Gasteiger partial charge >= 0.3 is 0 Å². The van der Waals surface area contributed by atoms with Gasteiger partial charge in [-0.25, -0.2) is 0 Å². The van der Waals surface area contributed by atoms with E-state index < -0.39 is 0 Å². The smallest absolute Gasteiger partial charge is 0.128 e. The molecule has 210 valence electrons. The van der Waals surface area contributed by atoms with Gasteiger partial charge in [0.15, 0.2) is 0 Å². The summed E-state index contributed by atoms with van der Waals surface area (Å²) in [6.45, 7) is 4.17. The molecule has 0 radical (unpaired) electrons. The van der Waals surface area contributed by atoms with Crippen LogP contribution < -0.4 is 19.5 Å². The molecule has 2 unspecified atom stereocenters. The van der Waals surface area contributed by atoms with Crippen molar-refractivity contribution >= 4 is 10.8 Å². The molecular weight excluding hydrogens is 502 g/mol. The lowest BCUT2D eigenvalue weighted by atomic mass is 9.87. The van der Waals surface area contributed by atoms with E-state index in [1.807, 2.05) is 18.2 Å². The third-order valence-corrected chi connectivity index (χ3v) is 7.47. The molecule has 6 heteroatoms. The Morgan fingerprint density at radius 1 is 0.775 bits per heavy atom. The molecule has 4 aromatic carbocycles. The van der Waals surface area contributed by atoms with Gasteiger partial charge in [0.2, 0.25) is 0 Å². The van der Waals surface area contributed by atoms with Gasteiger partial charge < -0.3 is 29.0 Å². The van der Waals surface area contributed by atoms with Crippen molar-refractivity contribution in [1.29, 1.82) is 0 Å².